The van der Waals surface area contributed by atoms with Crippen molar-refractivity contribution in [2.75, 3.05) is 30.4 Å². The Labute approximate surface area is 157 Å². The molecule has 1 aliphatic heterocycles. The zero-order valence-corrected chi connectivity index (χ0v) is 15.6. The molecule has 26 heavy (non-hydrogen) atoms. The van der Waals surface area contributed by atoms with Gasteiger partial charge in [0.25, 0.3) is 0 Å². The summed E-state index contributed by atoms with van der Waals surface area (Å²) in [4.78, 5) is 11.5. The number of piperidine rings is 1. The maximum absolute atomic E-state index is 6.50. The fourth-order valence-corrected chi connectivity index (χ4v) is 3.60. The SMILES string of the molecule is CNc1cccc(-c2n[nH]c3nc(N4CCC(C)(N)CC4)cnc23)c1Cl. The van der Waals surface area contributed by atoms with Gasteiger partial charge in [0, 0.05) is 31.2 Å². The van der Waals surface area contributed by atoms with Crippen molar-refractivity contribution >= 4 is 34.3 Å². The smallest absolute Gasteiger partial charge is 0.177 e. The van der Waals surface area contributed by atoms with Gasteiger partial charge in [0.15, 0.2) is 5.65 Å². The van der Waals surface area contributed by atoms with E-state index < -0.39 is 0 Å². The molecule has 4 rings (SSSR count). The van der Waals surface area contributed by atoms with Crippen molar-refractivity contribution in [3.63, 3.8) is 0 Å². The van der Waals surface area contributed by atoms with Gasteiger partial charge >= 0.3 is 0 Å². The first kappa shape index (κ1) is 17.1. The van der Waals surface area contributed by atoms with Gasteiger partial charge in [-0.25, -0.2) is 9.97 Å². The number of halogens is 1. The molecule has 4 N–H and O–H groups in total. The summed E-state index contributed by atoms with van der Waals surface area (Å²) < 4.78 is 0. The van der Waals surface area contributed by atoms with Gasteiger partial charge in [0.2, 0.25) is 0 Å². The van der Waals surface area contributed by atoms with Gasteiger partial charge in [-0.3, -0.25) is 5.10 Å². The molecule has 3 heterocycles. The standard InChI is InChI=1S/C18H22ClN7/c1-18(20)6-8-26(9-7-18)13-10-22-16-15(24-25-17(16)23-13)11-4-3-5-12(21-2)14(11)19/h3-5,10,21H,6-9,20H2,1-2H3,(H,23,24,25). The molecule has 0 bridgehead atoms. The number of anilines is 2. The quantitative estimate of drug-likeness (QED) is 0.655. The van der Waals surface area contributed by atoms with Crippen LogP contribution in [0.5, 0.6) is 0 Å². The summed E-state index contributed by atoms with van der Waals surface area (Å²) in [6.07, 6.45) is 3.68. The molecule has 2 aromatic heterocycles. The van der Waals surface area contributed by atoms with Crippen molar-refractivity contribution in [3.8, 4) is 11.3 Å². The van der Waals surface area contributed by atoms with Crippen LogP contribution in [0.1, 0.15) is 19.8 Å². The molecule has 8 heteroatoms. The highest BCUT2D eigenvalue weighted by Crippen LogP contribution is 2.35. The average Bonchev–Trinajstić information content (AvgIpc) is 3.05. The highest BCUT2D eigenvalue weighted by Gasteiger charge is 2.27. The third kappa shape index (κ3) is 2.97. The lowest BCUT2D eigenvalue weighted by molar-refractivity contribution is 0.363. The average molecular weight is 372 g/mol. The van der Waals surface area contributed by atoms with Crippen molar-refractivity contribution in [2.45, 2.75) is 25.3 Å². The van der Waals surface area contributed by atoms with E-state index in [0.717, 1.165) is 43.0 Å². The maximum Gasteiger partial charge on any atom is 0.177 e. The Morgan fingerprint density at radius 3 is 2.81 bits per heavy atom. The molecule has 7 nitrogen and oxygen atoms in total. The number of benzene rings is 1. The molecule has 1 saturated heterocycles. The van der Waals surface area contributed by atoms with Crippen LogP contribution in [0.15, 0.2) is 24.4 Å². The predicted molar refractivity (Wildman–Crippen MR) is 106 cm³/mol. The first-order chi connectivity index (χ1) is 12.5. The van der Waals surface area contributed by atoms with E-state index in [9.17, 15) is 0 Å². The largest absolute Gasteiger partial charge is 0.387 e. The molecule has 0 aliphatic carbocycles. The van der Waals surface area contributed by atoms with Crippen LogP contribution in [0, 0.1) is 0 Å². The number of fused-ring (bicyclic) bond motifs is 1. The van der Waals surface area contributed by atoms with E-state index in [0.29, 0.717) is 21.9 Å². The molecular weight excluding hydrogens is 350 g/mol. The Bertz CT molecular complexity index is 940. The summed E-state index contributed by atoms with van der Waals surface area (Å²) >= 11 is 6.50. The van der Waals surface area contributed by atoms with Crippen molar-refractivity contribution in [2.24, 2.45) is 5.73 Å². The minimum Gasteiger partial charge on any atom is -0.387 e. The summed E-state index contributed by atoms with van der Waals surface area (Å²) in [5, 5.41) is 11.1. The maximum atomic E-state index is 6.50. The summed E-state index contributed by atoms with van der Waals surface area (Å²) in [5.74, 6) is 0.846. The van der Waals surface area contributed by atoms with E-state index in [1.165, 1.54) is 0 Å². The van der Waals surface area contributed by atoms with Gasteiger partial charge < -0.3 is 16.0 Å². The summed E-state index contributed by atoms with van der Waals surface area (Å²) in [6, 6.07) is 5.79. The Morgan fingerprint density at radius 1 is 1.31 bits per heavy atom. The summed E-state index contributed by atoms with van der Waals surface area (Å²) in [5.41, 5.74) is 9.87. The van der Waals surface area contributed by atoms with Crippen molar-refractivity contribution < 1.29 is 0 Å². The first-order valence-electron chi connectivity index (χ1n) is 8.70. The second-order valence-corrected chi connectivity index (χ2v) is 7.43. The van der Waals surface area contributed by atoms with Gasteiger partial charge in [-0.15, -0.1) is 0 Å². The van der Waals surface area contributed by atoms with Gasteiger partial charge in [0.1, 0.15) is 17.0 Å². The van der Waals surface area contributed by atoms with Crippen LogP contribution in [-0.2, 0) is 0 Å². The molecule has 0 amide bonds. The van der Waals surface area contributed by atoms with Crippen LogP contribution in [-0.4, -0.2) is 45.8 Å². The monoisotopic (exact) mass is 371 g/mol. The molecular formula is C18H22ClN7. The zero-order chi connectivity index (χ0) is 18.3. The lowest BCUT2D eigenvalue weighted by Gasteiger charge is -2.37. The van der Waals surface area contributed by atoms with Crippen molar-refractivity contribution in [1.82, 2.24) is 20.2 Å². The number of aromatic amines is 1. The third-order valence-electron chi connectivity index (χ3n) is 5.01. The van der Waals surface area contributed by atoms with Crippen molar-refractivity contribution in [1.29, 1.82) is 0 Å². The van der Waals surface area contributed by atoms with Crippen LogP contribution < -0.4 is 16.0 Å². The van der Waals surface area contributed by atoms with E-state index >= 15 is 0 Å². The Kier molecular flexibility index (Phi) is 4.20. The lowest BCUT2D eigenvalue weighted by atomic mass is 9.91. The first-order valence-corrected chi connectivity index (χ1v) is 9.08. The lowest BCUT2D eigenvalue weighted by Crippen LogP contribution is -2.48. The third-order valence-corrected chi connectivity index (χ3v) is 5.42. The summed E-state index contributed by atoms with van der Waals surface area (Å²) in [6.45, 7) is 3.86. The van der Waals surface area contributed by atoms with E-state index in [1.807, 2.05) is 25.2 Å². The Balaban J connectivity index is 1.69. The minimum atomic E-state index is -0.0930. The molecule has 0 saturated carbocycles. The van der Waals surface area contributed by atoms with E-state index in [-0.39, 0.29) is 5.54 Å². The second-order valence-electron chi connectivity index (χ2n) is 7.06. The van der Waals surface area contributed by atoms with Crippen LogP contribution in [0.2, 0.25) is 5.02 Å². The Morgan fingerprint density at radius 2 is 2.08 bits per heavy atom. The van der Waals surface area contributed by atoms with E-state index in [4.69, 9.17) is 22.3 Å². The number of aromatic nitrogens is 4. The second kappa shape index (κ2) is 6.41. The topological polar surface area (TPSA) is 95.8 Å². The fourth-order valence-electron chi connectivity index (χ4n) is 3.29. The molecule has 136 valence electrons. The van der Waals surface area contributed by atoms with Crippen LogP contribution >= 0.6 is 11.6 Å². The normalized spacial score (nSPS) is 16.8. The van der Waals surface area contributed by atoms with E-state index in [1.54, 1.807) is 6.20 Å². The number of hydrogen-bond acceptors (Lipinski definition) is 6. The van der Waals surface area contributed by atoms with Gasteiger partial charge in [-0.2, -0.15) is 5.10 Å². The molecule has 3 aromatic rings. The molecule has 1 aromatic carbocycles. The fraction of sp³-hybridized carbons (Fsp3) is 0.389. The molecule has 0 unspecified atom stereocenters. The molecule has 0 atom stereocenters. The molecule has 0 spiro atoms. The predicted octanol–water partition coefficient (Wildman–Crippen LogP) is 3.03. The number of H-pyrrole nitrogens is 1. The van der Waals surface area contributed by atoms with Gasteiger partial charge in [0.05, 0.1) is 16.9 Å². The molecule has 0 radical (unpaired) electrons. The van der Waals surface area contributed by atoms with Crippen LogP contribution in [0.25, 0.3) is 22.4 Å². The molecule has 1 fully saturated rings. The number of nitrogens with zero attached hydrogens (tertiary/aromatic N) is 4. The zero-order valence-electron chi connectivity index (χ0n) is 14.9. The highest BCUT2D eigenvalue weighted by atomic mass is 35.5. The highest BCUT2D eigenvalue weighted by molar-refractivity contribution is 6.36. The van der Waals surface area contributed by atoms with Crippen LogP contribution in [0.3, 0.4) is 0 Å². The van der Waals surface area contributed by atoms with Gasteiger partial charge in [-0.1, -0.05) is 23.7 Å². The number of nitrogens with one attached hydrogen (secondary N) is 2. The number of nitrogens with two attached hydrogens (primary N) is 1. The minimum absolute atomic E-state index is 0.0930. The van der Waals surface area contributed by atoms with E-state index in [2.05, 4.69) is 32.3 Å². The van der Waals surface area contributed by atoms with Crippen LogP contribution in [0.4, 0.5) is 11.5 Å². The van der Waals surface area contributed by atoms with Crippen molar-refractivity contribution in [3.05, 3.63) is 29.4 Å². The number of rotatable bonds is 3. The number of hydrogen-bond donors (Lipinski definition) is 3. The molecule has 1 aliphatic rings. The van der Waals surface area contributed by atoms with Gasteiger partial charge in [-0.05, 0) is 25.8 Å². The Hall–Kier alpha value is -2.38. The summed E-state index contributed by atoms with van der Waals surface area (Å²) in [7, 11) is 1.84.